The fourth-order valence-electron chi connectivity index (χ4n) is 1.58. The van der Waals surface area contributed by atoms with Gasteiger partial charge in [-0.3, -0.25) is 9.78 Å². The van der Waals surface area contributed by atoms with Gasteiger partial charge in [0.2, 0.25) is 0 Å². The molecule has 1 aromatic heterocycles. The van der Waals surface area contributed by atoms with Crippen molar-refractivity contribution in [2.45, 2.75) is 40.2 Å². The summed E-state index contributed by atoms with van der Waals surface area (Å²) in [7, 11) is 0. The van der Waals surface area contributed by atoms with Gasteiger partial charge in [0.1, 0.15) is 0 Å². The first-order valence-corrected chi connectivity index (χ1v) is 6.08. The molecule has 1 atom stereocenters. The van der Waals surface area contributed by atoms with Crippen molar-refractivity contribution in [1.29, 1.82) is 0 Å². The second-order valence-electron chi connectivity index (χ2n) is 4.10. The molecule has 2 rings (SSSR count). The lowest BCUT2D eigenvalue weighted by Crippen LogP contribution is -2.37. The summed E-state index contributed by atoms with van der Waals surface area (Å²) in [4.78, 5) is 15.6. The molecular weight excluding hydrogens is 216 g/mol. The van der Waals surface area contributed by atoms with E-state index in [4.69, 9.17) is 4.74 Å². The summed E-state index contributed by atoms with van der Waals surface area (Å²) >= 11 is 0. The van der Waals surface area contributed by atoms with Crippen LogP contribution in [0.15, 0.2) is 18.5 Å². The molecule has 0 radical (unpaired) electrons. The number of rotatable bonds is 2. The Morgan fingerprint density at radius 3 is 2.82 bits per heavy atom. The van der Waals surface area contributed by atoms with Crippen molar-refractivity contribution in [3.8, 4) is 5.75 Å². The minimum absolute atomic E-state index is 0.0672. The Hall–Kier alpha value is -1.58. The lowest BCUT2D eigenvalue weighted by molar-refractivity contribution is -0.124. The number of anilines is 1. The SMILES string of the molecule is CC.CC(C)CC1Oc2cnccc2NC1=O. The molecular formula is C13H20N2O2. The van der Waals surface area contributed by atoms with E-state index in [9.17, 15) is 4.79 Å². The zero-order valence-electron chi connectivity index (χ0n) is 10.9. The predicted molar refractivity (Wildman–Crippen MR) is 68.1 cm³/mol. The molecule has 0 fully saturated rings. The fraction of sp³-hybridized carbons (Fsp3) is 0.538. The van der Waals surface area contributed by atoms with Gasteiger partial charge < -0.3 is 10.1 Å². The first kappa shape index (κ1) is 13.5. The molecule has 1 aliphatic heterocycles. The maximum atomic E-state index is 11.6. The molecule has 1 aliphatic rings. The zero-order valence-corrected chi connectivity index (χ0v) is 10.9. The largest absolute Gasteiger partial charge is 0.477 e. The van der Waals surface area contributed by atoms with Gasteiger partial charge in [-0.2, -0.15) is 0 Å². The van der Waals surface area contributed by atoms with E-state index < -0.39 is 0 Å². The second kappa shape index (κ2) is 6.23. The van der Waals surface area contributed by atoms with E-state index in [0.29, 0.717) is 17.4 Å². The summed E-state index contributed by atoms with van der Waals surface area (Å²) in [6.45, 7) is 8.13. The predicted octanol–water partition coefficient (Wildman–Crippen LogP) is 2.85. The van der Waals surface area contributed by atoms with Gasteiger partial charge in [-0.15, -0.1) is 0 Å². The van der Waals surface area contributed by atoms with Crippen molar-refractivity contribution >= 4 is 11.6 Å². The Kier molecular flexibility index (Phi) is 4.94. The molecule has 0 saturated heterocycles. The molecule has 1 amide bonds. The van der Waals surface area contributed by atoms with Crippen molar-refractivity contribution in [1.82, 2.24) is 4.98 Å². The number of hydrogen-bond acceptors (Lipinski definition) is 3. The van der Waals surface area contributed by atoms with E-state index in [-0.39, 0.29) is 12.0 Å². The van der Waals surface area contributed by atoms with Crippen molar-refractivity contribution in [2.75, 3.05) is 5.32 Å². The lowest BCUT2D eigenvalue weighted by Gasteiger charge is -2.26. The van der Waals surface area contributed by atoms with E-state index in [0.717, 1.165) is 6.42 Å². The number of nitrogens with one attached hydrogen (secondary N) is 1. The average molecular weight is 236 g/mol. The Morgan fingerprint density at radius 1 is 1.47 bits per heavy atom. The highest BCUT2D eigenvalue weighted by molar-refractivity contribution is 5.97. The van der Waals surface area contributed by atoms with Crippen LogP contribution in [0.25, 0.3) is 0 Å². The number of hydrogen-bond donors (Lipinski definition) is 1. The zero-order chi connectivity index (χ0) is 12.8. The molecule has 1 aromatic rings. The van der Waals surface area contributed by atoms with Crippen LogP contribution >= 0.6 is 0 Å². The van der Waals surface area contributed by atoms with E-state index in [1.807, 2.05) is 13.8 Å². The van der Waals surface area contributed by atoms with Gasteiger partial charge in [-0.05, 0) is 18.4 Å². The summed E-state index contributed by atoms with van der Waals surface area (Å²) in [6.07, 6.45) is 3.59. The van der Waals surface area contributed by atoms with Gasteiger partial charge in [0, 0.05) is 6.20 Å². The number of fused-ring (bicyclic) bond motifs is 1. The van der Waals surface area contributed by atoms with Crippen LogP contribution in [-0.4, -0.2) is 17.0 Å². The third kappa shape index (κ3) is 3.44. The van der Waals surface area contributed by atoms with Crippen LogP contribution in [0.3, 0.4) is 0 Å². The molecule has 4 nitrogen and oxygen atoms in total. The van der Waals surface area contributed by atoms with Crippen LogP contribution in [0.4, 0.5) is 5.69 Å². The smallest absolute Gasteiger partial charge is 0.265 e. The Balaban J connectivity index is 0.000000686. The lowest BCUT2D eigenvalue weighted by atomic mass is 10.0. The molecule has 94 valence electrons. The molecule has 17 heavy (non-hydrogen) atoms. The fourth-order valence-corrected chi connectivity index (χ4v) is 1.58. The van der Waals surface area contributed by atoms with E-state index >= 15 is 0 Å². The molecule has 0 saturated carbocycles. The third-order valence-corrected chi connectivity index (χ3v) is 2.29. The highest BCUT2D eigenvalue weighted by Gasteiger charge is 2.27. The van der Waals surface area contributed by atoms with Gasteiger partial charge in [0.15, 0.2) is 11.9 Å². The van der Waals surface area contributed by atoms with Gasteiger partial charge >= 0.3 is 0 Å². The van der Waals surface area contributed by atoms with Crippen LogP contribution in [0.2, 0.25) is 0 Å². The normalized spacial score (nSPS) is 17.5. The van der Waals surface area contributed by atoms with Gasteiger partial charge in [-0.25, -0.2) is 0 Å². The van der Waals surface area contributed by atoms with Crippen LogP contribution in [0, 0.1) is 5.92 Å². The molecule has 0 spiro atoms. The van der Waals surface area contributed by atoms with Crippen LogP contribution in [0.1, 0.15) is 34.1 Å². The van der Waals surface area contributed by atoms with Crippen molar-refractivity contribution < 1.29 is 9.53 Å². The number of carbonyl (C=O) groups excluding carboxylic acids is 1. The number of carbonyl (C=O) groups is 1. The van der Waals surface area contributed by atoms with Crippen LogP contribution in [0.5, 0.6) is 5.75 Å². The topological polar surface area (TPSA) is 51.2 Å². The molecule has 0 bridgehead atoms. The van der Waals surface area contributed by atoms with Gasteiger partial charge in [0.05, 0.1) is 11.9 Å². The van der Waals surface area contributed by atoms with Crippen LogP contribution < -0.4 is 10.1 Å². The van der Waals surface area contributed by atoms with Crippen molar-refractivity contribution in [3.05, 3.63) is 18.5 Å². The highest BCUT2D eigenvalue weighted by atomic mass is 16.5. The highest BCUT2D eigenvalue weighted by Crippen LogP contribution is 2.29. The van der Waals surface area contributed by atoms with E-state index in [2.05, 4.69) is 24.1 Å². The standard InChI is InChI=1S/C11H14N2O2.C2H6/c1-7(2)5-9-11(14)13-8-3-4-12-6-10(8)15-9;1-2/h3-4,6-7,9H,5H2,1-2H3,(H,13,14);1-2H3. The Labute approximate surface area is 102 Å². The molecule has 1 N–H and O–H groups in total. The summed E-state index contributed by atoms with van der Waals surface area (Å²) < 4.78 is 5.58. The summed E-state index contributed by atoms with van der Waals surface area (Å²) in [5.74, 6) is 1.02. The van der Waals surface area contributed by atoms with E-state index in [1.165, 1.54) is 0 Å². The van der Waals surface area contributed by atoms with Crippen LogP contribution in [-0.2, 0) is 4.79 Å². The monoisotopic (exact) mass is 236 g/mol. The number of nitrogens with zero attached hydrogens (tertiary/aromatic N) is 1. The van der Waals surface area contributed by atoms with Gasteiger partial charge in [-0.1, -0.05) is 27.7 Å². The maximum absolute atomic E-state index is 11.6. The molecule has 1 unspecified atom stereocenters. The molecule has 2 heterocycles. The summed E-state index contributed by atoms with van der Waals surface area (Å²) in [5.41, 5.74) is 0.704. The molecule has 0 aromatic carbocycles. The minimum atomic E-state index is -0.387. The third-order valence-electron chi connectivity index (χ3n) is 2.29. The average Bonchev–Trinajstić information content (AvgIpc) is 2.32. The van der Waals surface area contributed by atoms with Gasteiger partial charge in [0.25, 0.3) is 5.91 Å². The quantitative estimate of drug-likeness (QED) is 0.859. The number of pyridine rings is 1. The summed E-state index contributed by atoms with van der Waals surface area (Å²) in [5, 5.41) is 2.81. The Morgan fingerprint density at radius 2 is 2.18 bits per heavy atom. The molecule has 0 aliphatic carbocycles. The van der Waals surface area contributed by atoms with E-state index in [1.54, 1.807) is 18.5 Å². The van der Waals surface area contributed by atoms with Crippen molar-refractivity contribution in [2.24, 2.45) is 5.92 Å². The number of amides is 1. The first-order valence-electron chi connectivity index (χ1n) is 6.08. The van der Waals surface area contributed by atoms with Crippen molar-refractivity contribution in [3.63, 3.8) is 0 Å². The number of aromatic nitrogens is 1. The maximum Gasteiger partial charge on any atom is 0.265 e. The first-order chi connectivity index (χ1) is 8.16. The molecule has 4 heteroatoms. The summed E-state index contributed by atoms with van der Waals surface area (Å²) in [6, 6.07) is 1.73. The minimum Gasteiger partial charge on any atom is -0.477 e. The number of ether oxygens (including phenoxy) is 1. The second-order valence-corrected chi connectivity index (χ2v) is 4.10. The Bertz CT molecular complexity index is 377.